The van der Waals surface area contributed by atoms with Crippen LogP contribution in [0.5, 0.6) is 5.75 Å². The SMILES string of the molecule is COc1ccc(CCCNC(=O)Nc2ncccc2F)cc1. The molecule has 22 heavy (non-hydrogen) atoms. The molecular weight excluding hydrogens is 285 g/mol. The molecule has 0 saturated heterocycles. The van der Waals surface area contributed by atoms with Crippen LogP contribution in [-0.4, -0.2) is 24.7 Å². The van der Waals surface area contributed by atoms with Crippen molar-refractivity contribution in [1.82, 2.24) is 10.3 Å². The number of pyridine rings is 1. The third kappa shape index (κ3) is 4.73. The van der Waals surface area contributed by atoms with Crippen LogP contribution in [0.3, 0.4) is 0 Å². The second-order valence-corrected chi connectivity index (χ2v) is 4.67. The fraction of sp³-hybridized carbons (Fsp3) is 0.250. The topological polar surface area (TPSA) is 63.2 Å². The number of carbonyl (C=O) groups excluding carboxylic acids is 1. The summed E-state index contributed by atoms with van der Waals surface area (Å²) >= 11 is 0. The van der Waals surface area contributed by atoms with Crippen LogP contribution in [0.4, 0.5) is 15.0 Å². The number of anilines is 1. The molecule has 2 aromatic rings. The minimum Gasteiger partial charge on any atom is -0.497 e. The number of rotatable bonds is 6. The molecule has 1 aromatic carbocycles. The third-order valence-electron chi connectivity index (χ3n) is 3.08. The first kappa shape index (κ1) is 15.8. The number of urea groups is 1. The summed E-state index contributed by atoms with van der Waals surface area (Å²) in [5.41, 5.74) is 1.17. The summed E-state index contributed by atoms with van der Waals surface area (Å²) in [5.74, 6) is 0.185. The van der Waals surface area contributed by atoms with E-state index in [0.717, 1.165) is 18.6 Å². The summed E-state index contributed by atoms with van der Waals surface area (Å²) in [6.45, 7) is 0.492. The van der Waals surface area contributed by atoms with Crippen molar-refractivity contribution >= 4 is 11.8 Å². The van der Waals surface area contributed by atoms with Gasteiger partial charge >= 0.3 is 6.03 Å². The van der Waals surface area contributed by atoms with Gasteiger partial charge in [0.05, 0.1) is 7.11 Å². The Morgan fingerprint density at radius 1 is 1.27 bits per heavy atom. The fourth-order valence-electron chi connectivity index (χ4n) is 1.92. The molecule has 0 atom stereocenters. The number of nitrogens with one attached hydrogen (secondary N) is 2. The van der Waals surface area contributed by atoms with Gasteiger partial charge in [0, 0.05) is 12.7 Å². The Balaban J connectivity index is 1.69. The molecule has 1 aromatic heterocycles. The predicted octanol–water partition coefficient (Wildman–Crippen LogP) is 2.98. The van der Waals surface area contributed by atoms with Gasteiger partial charge in [-0.05, 0) is 42.7 Å². The summed E-state index contributed by atoms with van der Waals surface area (Å²) in [5, 5.41) is 5.04. The van der Waals surface area contributed by atoms with Gasteiger partial charge in [-0.2, -0.15) is 0 Å². The third-order valence-corrected chi connectivity index (χ3v) is 3.08. The van der Waals surface area contributed by atoms with Crippen LogP contribution in [0.2, 0.25) is 0 Å². The fourth-order valence-corrected chi connectivity index (χ4v) is 1.92. The summed E-state index contributed by atoms with van der Waals surface area (Å²) in [6.07, 6.45) is 3.04. The van der Waals surface area contributed by atoms with Gasteiger partial charge in [-0.25, -0.2) is 14.2 Å². The quantitative estimate of drug-likeness (QED) is 0.806. The van der Waals surface area contributed by atoms with Crippen molar-refractivity contribution in [1.29, 1.82) is 0 Å². The Kier molecular flexibility index (Phi) is 5.71. The van der Waals surface area contributed by atoms with E-state index in [1.807, 2.05) is 24.3 Å². The molecule has 0 radical (unpaired) electrons. The molecule has 116 valence electrons. The number of amides is 2. The van der Waals surface area contributed by atoms with Gasteiger partial charge in [0.1, 0.15) is 5.75 Å². The van der Waals surface area contributed by atoms with Crippen LogP contribution >= 0.6 is 0 Å². The van der Waals surface area contributed by atoms with Crippen LogP contribution in [0, 0.1) is 5.82 Å². The lowest BCUT2D eigenvalue weighted by Gasteiger charge is -2.08. The van der Waals surface area contributed by atoms with Gasteiger partial charge in [0.2, 0.25) is 0 Å². The zero-order chi connectivity index (χ0) is 15.8. The van der Waals surface area contributed by atoms with E-state index in [2.05, 4.69) is 15.6 Å². The molecule has 2 rings (SSSR count). The van der Waals surface area contributed by atoms with E-state index in [0.29, 0.717) is 6.54 Å². The maximum Gasteiger partial charge on any atom is 0.320 e. The molecule has 0 unspecified atom stereocenters. The molecule has 1 heterocycles. The van der Waals surface area contributed by atoms with E-state index in [9.17, 15) is 9.18 Å². The molecule has 0 aliphatic heterocycles. The average molecular weight is 303 g/mol. The highest BCUT2D eigenvalue weighted by atomic mass is 19.1. The smallest absolute Gasteiger partial charge is 0.320 e. The molecule has 0 aliphatic carbocycles. The number of benzene rings is 1. The number of ether oxygens (including phenoxy) is 1. The lowest BCUT2D eigenvalue weighted by molar-refractivity contribution is 0.252. The summed E-state index contributed by atoms with van der Waals surface area (Å²) in [4.78, 5) is 15.4. The highest BCUT2D eigenvalue weighted by Gasteiger charge is 2.06. The number of methoxy groups -OCH3 is 1. The van der Waals surface area contributed by atoms with Gasteiger partial charge in [-0.15, -0.1) is 0 Å². The minimum atomic E-state index is -0.559. The molecule has 0 spiro atoms. The van der Waals surface area contributed by atoms with Gasteiger partial charge in [-0.3, -0.25) is 5.32 Å². The Labute approximate surface area is 128 Å². The van der Waals surface area contributed by atoms with Crippen molar-refractivity contribution in [3.05, 3.63) is 54.0 Å². The first-order valence-corrected chi connectivity index (χ1v) is 6.97. The van der Waals surface area contributed by atoms with E-state index in [4.69, 9.17) is 4.74 Å². The molecule has 5 nitrogen and oxygen atoms in total. The number of hydrogen-bond donors (Lipinski definition) is 2. The number of carbonyl (C=O) groups is 1. The molecule has 0 aliphatic rings. The average Bonchev–Trinajstić information content (AvgIpc) is 2.54. The van der Waals surface area contributed by atoms with E-state index in [1.54, 1.807) is 7.11 Å². The van der Waals surface area contributed by atoms with Crippen LogP contribution in [0.25, 0.3) is 0 Å². The summed E-state index contributed by atoms with van der Waals surface area (Å²) in [7, 11) is 1.63. The molecule has 6 heteroatoms. The minimum absolute atomic E-state index is 0.0739. The van der Waals surface area contributed by atoms with E-state index < -0.39 is 11.8 Å². The van der Waals surface area contributed by atoms with Crippen LogP contribution in [-0.2, 0) is 6.42 Å². The molecule has 0 saturated carbocycles. The maximum atomic E-state index is 13.3. The van der Waals surface area contributed by atoms with Crippen LogP contribution < -0.4 is 15.4 Å². The zero-order valence-corrected chi connectivity index (χ0v) is 12.3. The molecular formula is C16H18FN3O2. The monoisotopic (exact) mass is 303 g/mol. The van der Waals surface area contributed by atoms with Gasteiger partial charge in [-0.1, -0.05) is 12.1 Å². The Hall–Kier alpha value is -2.63. The second-order valence-electron chi connectivity index (χ2n) is 4.67. The maximum absolute atomic E-state index is 13.3. The molecule has 2 N–H and O–H groups in total. The van der Waals surface area contributed by atoms with Crippen LogP contribution in [0.1, 0.15) is 12.0 Å². The first-order valence-electron chi connectivity index (χ1n) is 6.97. The molecule has 0 bridgehead atoms. The summed E-state index contributed by atoms with van der Waals surface area (Å²) < 4.78 is 18.4. The zero-order valence-electron chi connectivity index (χ0n) is 12.3. The first-order chi connectivity index (χ1) is 10.7. The molecule has 0 fully saturated rings. The number of aryl methyl sites for hydroxylation is 1. The number of hydrogen-bond acceptors (Lipinski definition) is 3. The second kappa shape index (κ2) is 7.97. The van der Waals surface area contributed by atoms with Crippen molar-refractivity contribution in [2.45, 2.75) is 12.8 Å². The normalized spacial score (nSPS) is 10.1. The van der Waals surface area contributed by atoms with Gasteiger partial charge in [0.25, 0.3) is 0 Å². The number of halogens is 1. The Morgan fingerprint density at radius 2 is 2.05 bits per heavy atom. The number of aromatic nitrogens is 1. The van der Waals surface area contributed by atoms with Crippen molar-refractivity contribution in [3.63, 3.8) is 0 Å². The largest absolute Gasteiger partial charge is 0.497 e. The lowest BCUT2D eigenvalue weighted by Crippen LogP contribution is -2.30. The Morgan fingerprint density at radius 3 is 2.73 bits per heavy atom. The van der Waals surface area contributed by atoms with E-state index >= 15 is 0 Å². The van der Waals surface area contributed by atoms with Gasteiger partial charge in [0.15, 0.2) is 11.6 Å². The van der Waals surface area contributed by atoms with Gasteiger partial charge < -0.3 is 10.1 Å². The highest BCUT2D eigenvalue weighted by molar-refractivity contribution is 5.88. The van der Waals surface area contributed by atoms with Crippen molar-refractivity contribution in [3.8, 4) is 5.75 Å². The molecule has 2 amide bonds. The van der Waals surface area contributed by atoms with E-state index in [1.165, 1.54) is 23.9 Å². The van der Waals surface area contributed by atoms with Crippen molar-refractivity contribution in [2.24, 2.45) is 0 Å². The number of nitrogens with zero attached hydrogens (tertiary/aromatic N) is 1. The van der Waals surface area contributed by atoms with Crippen molar-refractivity contribution < 1.29 is 13.9 Å². The van der Waals surface area contributed by atoms with E-state index in [-0.39, 0.29) is 5.82 Å². The predicted molar refractivity (Wildman–Crippen MR) is 82.5 cm³/mol. The van der Waals surface area contributed by atoms with Crippen LogP contribution in [0.15, 0.2) is 42.6 Å². The Bertz CT molecular complexity index is 617. The standard InChI is InChI=1S/C16H18FN3O2/c1-22-13-8-6-12(7-9-13)4-2-11-19-16(21)20-15-14(17)5-3-10-18-15/h3,5-10H,2,4,11H2,1H3,(H2,18,19,20,21). The van der Waals surface area contributed by atoms with Crippen molar-refractivity contribution in [2.75, 3.05) is 19.0 Å². The lowest BCUT2D eigenvalue weighted by atomic mass is 10.1. The highest BCUT2D eigenvalue weighted by Crippen LogP contribution is 2.12. The summed E-state index contributed by atoms with van der Waals surface area (Å²) in [6, 6.07) is 10.0.